The summed E-state index contributed by atoms with van der Waals surface area (Å²) in [5.41, 5.74) is 0. The maximum absolute atomic E-state index is 12.4. The van der Waals surface area contributed by atoms with Gasteiger partial charge in [-0.2, -0.15) is 0 Å². The maximum Gasteiger partial charge on any atom is 0.305 e. The monoisotopic (exact) mass is 860 g/mol. The lowest BCUT2D eigenvalue weighted by atomic mass is 10.0. The van der Waals surface area contributed by atoms with Gasteiger partial charge in [-0.3, -0.25) is 9.59 Å². The van der Waals surface area contributed by atoms with Gasteiger partial charge in [0.05, 0.1) is 25.4 Å². The third kappa shape index (κ3) is 47.7. The van der Waals surface area contributed by atoms with Gasteiger partial charge in [0.2, 0.25) is 5.91 Å². The number of nitrogens with one attached hydrogen (secondary N) is 1. The van der Waals surface area contributed by atoms with E-state index in [1.165, 1.54) is 193 Å². The summed E-state index contributed by atoms with van der Waals surface area (Å²) in [6.07, 6.45) is 60.4. The van der Waals surface area contributed by atoms with Gasteiger partial charge in [0.15, 0.2) is 0 Å². The molecule has 0 fully saturated rings. The Morgan fingerprint density at radius 1 is 0.443 bits per heavy atom. The molecule has 0 radical (unpaired) electrons. The van der Waals surface area contributed by atoms with Gasteiger partial charge < -0.3 is 20.3 Å². The largest absolute Gasteiger partial charge is 0.466 e. The van der Waals surface area contributed by atoms with Crippen molar-refractivity contribution < 1.29 is 24.5 Å². The molecule has 0 aliphatic rings. The van der Waals surface area contributed by atoms with Crippen LogP contribution in [0.1, 0.15) is 290 Å². The standard InChI is InChI=1S/C55H105NO5/c1-3-5-7-9-11-13-15-16-17-18-19-21-24-28-31-35-39-43-47-53(58)52(51-57)56-54(59)48-44-40-36-32-29-25-22-20-23-26-30-34-38-42-46-50-61-55(60)49-45-41-37-33-27-14-12-10-8-6-4-2/h23,26,43,47,52-53,57-58H,3-22,24-25,27-42,44-46,48-51H2,1-2H3,(H,56,59)/b26-23-,47-43+. The van der Waals surface area contributed by atoms with Crippen molar-refractivity contribution in [3.63, 3.8) is 0 Å². The predicted molar refractivity (Wildman–Crippen MR) is 264 cm³/mol. The fourth-order valence-electron chi connectivity index (χ4n) is 8.27. The van der Waals surface area contributed by atoms with E-state index >= 15 is 0 Å². The van der Waals surface area contributed by atoms with E-state index < -0.39 is 12.1 Å². The van der Waals surface area contributed by atoms with Crippen molar-refractivity contribution in [2.75, 3.05) is 13.2 Å². The lowest BCUT2D eigenvalue weighted by Crippen LogP contribution is -2.45. The van der Waals surface area contributed by atoms with Crippen LogP contribution in [-0.2, 0) is 14.3 Å². The van der Waals surface area contributed by atoms with Crippen molar-refractivity contribution in [3.05, 3.63) is 24.3 Å². The number of allylic oxidation sites excluding steroid dienone is 3. The van der Waals surface area contributed by atoms with Crippen molar-refractivity contribution in [1.82, 2.24) is 5.32 Å². The number of aliphatic hydroxyl groups is 2. The number of unbranched alkanes of at least 4 members (excludes halogenated alkanes) is 37. The Morgan fingerprint density at radius 3 is 1.16 bits per heavy atom. The highest BCUT2D eigenvalue weighted by molar-refractivity contribution is 5.76. The van der Waals surface area contributed by atoms with Crippen LogP contribution in [0, 0.1) is 0 Å². The molecule has 0 saturated carbocycles. The van der Waals surface area contributed by atoms with Crippen LogP contribution in [0.3, 0.4) is 0 Å². The van der Waals surface area contributed by atoms with E-state index in [1.807, 2.05) is 6.08 Å². The Balaban J connectivity index is 3.52. The van der Waals surface area contributed by atoms with Crippen LogP contribution in [-0.4, -0.2) is 47.4 Å². The van der Waals surface area contributed by atoms with Crippen molar-refractivity contribution >= 4 is 11.9 Å². The molecule has 3 N–H and O–H groups in total. The average Bonchev–Trinajstić information content (AvgIpc) is 3.26. The second-order valence-electron chi connectivity index (χ2n) is 18.6. The van der Waals surface area contributed by atoms with Crippen LogP contribution in [0.25, 0.3) is 0 Å². The number of hydrogen-bond donors (Lipinski definition) is 3. The highest BCUT2D eigenvalue weighted by atomic mass is 16.5. The molecule has 0 saturated heterocycles. The van der Waals surface area contributed by atoms with Crippen molar-refractivity contribution in [2.24, 2.45) is 0 Å². The van der Waals surface area contributed by atoms with Gasteiger partial charge in [-0.05, 0) is 57.8 Å². The number of carbonyl (C=O) groups is 2. The number of hydrogen-bond acceptors (Lipinski definition) is 5. The van der Waals surface area contributed by atoms with Crippen LogP contribution in [0.4, 0.5) is 0 Å². The molecule has 0 bridgehead atoms. The van der Waals surface area contributed by atoms with E-state index in [2.05, 4.69) is 31.3 Å². The summed E-state index contributed by atoms with van der Waals surface area (Å²) >= 11 is 0. The summed E-state index contributed by atoms with van der Waals surface area (Å²) in [7, 11) is 0. The molecule has 0 aromatic rings. The Labute approximate surface area is 380 Å². The predicted octanol–water partition coefficient (Wildman–Crippen LogP) is 16.3. The first-order chi connectivity index (χ1) is 30.0. The number of amides is 1. The van der Waals surface area contributed by atoms with E-state index in [-0.39, 0.29) is 18.5 Å². The lowest BCUT2D eigenvalue weighted by Gasteiger charge is -2.20. The van der Waals surface area contributed by atoms with Gasteiger partial charge >= 0.3 is 5.97 Å². The van der Waals surface area contributed by atoms with E-state index in [1.54, 1.807) is 6.08 Å². The number of esters is 1. The van der Waals surface area contributed by atoms with E-state index in [0.29, 0.717) is 19.4 Å². The van der Waals surface area contributed by atoms with Gasteiger partial charge in [-0.1, -0.05) is 244 Å². The molecule has 1 amide bonds. The average molecular weight is 860 g/mol. The zero-order chi connectivity index (χ0) is 44.4. The molecule has 360 valence electrons. The first-order valence-electron chi connectivity index (χ1n) is 27.1. The molecule has 0 aliphatic heterocycles. The topological polar surface area (TPSA) is 95.9 Å². The number of aliphatic hydroxyl groups excluding tert-OH is 2. The normalized spacial score (nSPS) is 12.8. The number of ether oxygens (including phenoxy) is 1. The highest BCUT2D eigenvalue weighted by Crippen LogP contribution is 2.16. The van der Waals surface area contributed by atoms with Crippen LogP contribution in [0.5, 0.6) is 0 Å². The third-order valence-electron chi connectivity index (χ3n) is 12.5. The Bertz CT molecular complexity index is 951. The van der Waals surface area contributed by atoms with E-state index in [4.69, 9.17) is 4.74 Å². The molecule has 0 heterocycles. The summed E-state index contributed by atoms with van der Waals surface area (Å²) < 4.78 is 5.44. The number of rotatable bonds is 50. The highest BCUT2D eigenvalue weighted by Gasteiger charge is 2.18. The van der Waals surface area contributed by atoms with Gasteiger partial charge in [0.1, 0.15) is 0 Å². The molecule has 6 heteroatoms. The summed E-state index contributed by atoms with van der Waals surface area (Å²) in [4.78, 5) is 24.4. The minimum Gasteiger partial charge on any atom is -0.466 e. The van der Waals surface area contributed by atoms with Gasteiger partial charge in [0.25, 0.3) is 0 Å². The van der Waals surface area contributed by atoms with Crippen LogP contribution >= 0.6 is 0 Å². The first kappa shape index (κ1) is 59.3. The Morgan fingerprint density at radius 2 is 0.770 bits per heavy atom. The summed E-state index contributed by atoms with van der Waals surface area (Å²) in [6.45, 7) is 4.87. The SMILES string of the molecule is CCCCCCCCCCCCCCCCCC/C=C/C(O)C(CO)NC(=O)CCCCCCCCC/C=C\CCCCCCOC(=O)CCCCCCCCCCCCC. The van der Waals surface area contributed by atoms with Crippen molar-refractivity contribution in [1.29, 1.82) is 0 Å². The lowest BCUT2D eigenvalue weighted by molar-refractivity contribution is -0.143. The Kier molecular flexibility index (Phi) is 49.6. The Hall–Kier alpha value is -1.66. The molecule has 0 aromatic heterocycles. The molecule has 0 rings (SSSR count). The fraction of sp³-hybridized carbons (Fsp3) is 0.891. The summed E-state index contributed by atoms with van der Waals surface area (Å²) in [5, 5.41) is 23.1. The molecular weight excluding hydrogens is 755 g/mol. The molecule has 6 nitrogen and oxygen atoms in total. The number of carbonyl (C=O) groups excluding carboxylic acids is 2. The summed E-state index contributed by atoms with van der Waals surface area (Å²) in [6, 6.07) is -0.639. The second kappa shape index (κ2) is 51.0. The van der Waals surface area contributed by atoms with E-state index in [0.717, 1.165) is 70.6 Å². The minimum absolute atomic E-state index is 0.0115. The molecule has 2 atom stereocenters. The fourth-order valence-corrected chi connectivity index (χ4v) is 8.27. The molecule has 0 spiro atoms. The molecule has 0 aliphatic carbocycles. The van der Waals surface area contributed by atoms with Crippen molar-refractivity contribution in [3.8, 4) is 0 Å². The quantitative estimate of drug-likeness (QED) is 0.0322. The van der Waals surface area contributed by atoms with Crippen LogP contribution < -0.4 is 5.32 Å². The maximum atomic E-state index is 12.4. The smallest absolute Gasteiger partial charge is 0.305 e. The van der Waals surface area contributed by atoms with E-state index in [9.17, 15) is 19.8 Å². The molecular formula is C55H105NO5. The zero-order valence-corrected chi connectivity index (χ0v) is 40.9. The molecule has 61 heavy (non-hydrogen) atoms. The van der Waals surface area contributed by atoms with Crippen LogP contribution in [0.2, 0.25) is 0 Å². The molecule has 2 unspecified atom stereocenters. The zero-order valence-electron chi connectivity index (χ0n) is 40.9. The minimum atomic E-state index is -0.854. The van der Waals surface area contributed by atoms with Crippen molar-refractivity contribution in [2.45, 2.75) is 302 Å². The van der Waals surface area contributed by atoms with Gasteiger partial charge in [0, 0.05) is 12.8 Å². The molecule has 0 aromatic carbocycles. The van der Waals surface area contributed by atoms with Gasteiger partial charge in [-0.15, -0.1) is 0 Å². The third-order valence-corrected chi connectivity index (χ3v) is 12.5. The second-order valence-corrected chi connectivity index (χ2v) is 18.6. The van der Waals surface area contributed by atoms with Gasteiger partial charge in [-0.25, -0.2) is 0 Å². The first-order valence-corrected chi connectivity index (χ1v) is 27.1. The van der Waals surface area contributed by atoms with Crippen LogP contribution in [0.15, 0.2) is 24.3 Å². The summed E-state index contributed by atoms with van der Waals surface area (Å²) in [5.74, 6) is -0.0932.